The molecule has 3 rings (SSSR count). The van der Waals surface area contributed by atoms with Gasteiger partial charge in [-0.15, -0.1) is 0 Å². The van der Waals surface area contributed by atoms with E-state index in [9.17, 15) is 4.79 Å². The van der Waals surface area contributed by atoms with Gasteiger partial charge in [-0.2, -0.15) is 4.98 Å². The summed E-state index contributed by atoms with van der Waals surface area (Å²) in [5.41, 5.74) is 7.62. The van der Waals surface area contributed by atoms with E-state index >= 15 is 0 Å². The number of rotatable bonds is 3. The van der Waals surface area contributed by atoms with Gasteiger partial charge in [-0.1, -0.05) is 11.6 Å². The Bertz CT molecular complexity index is 927. The number of hydrogen-bond donors (Lipinski definition) is 1. The van der Waals surface area contributed by atoms with Crippen LogP contribution in [0.2, 0.25) is 5.02 Å². The lowest BCUT2D eigenvalue weighted by Crippen LogP contribution is -2.35. The van der Waals surface area contributed by atoms with E-state index in [4.69, 9.17) is 26.8 Å². The molecule has 0 saturated carbocycles. The maximum absolute atomic E-state index is 12.6. The molecule has 31 heavy (non-hydrogen) atoms. The summed E-state index contributed by atoms with van der Waals surface area (Å²) in [6, 6.07) is 7.19. The van der Waals surface area contributed by atoms with Crippen molar-refractivity contribution in [1.82, 2.24) is 9.97 Å². The van der Waals surface area contributed by atoms with Crippen LogP contribution in [0.5, 0.6) is 0 Å². The van der Waals surface area contributed by atoms with E-state index in [0.717, 1.165) is 30.0 Å². The van der Waals surface area contributed by atoms with Crippen molar-refractivity contribution >= 4 is 35.1 Å². The van der Waals surface area contributed by atoms with Crippen molar-refractivity contribution in [2.75, 3.05) is 42.3 Å². The van der Waals surface area contributed by atoms with Crippen LogP contribution in [0.1, 0.15) is 44.5 Å². The first-order valence-corrected chi connectivity index (χ1v) is 10.6. The predicted octanol–water partition coefficient (Wildman–Crippen LogP) is 4.36. The van der Waals surface area contributed by atoms with Crippen LogP contribution in [0, 0.1) is 6.92 Å². The normalized spacial score (nSPS) is 17.2. The van der Waals surface area contributed by atoms with Crippen molar-refractivity contribution in [2.45, 2.75) is 45.8 Å². The van der Waals surface area contributed by atoms with Gasteiger partial charge in [-0.05, 0) is 57.9 Å². The van der Waals surface area contributed by atoms with E-state index in [0.29, 0.717) is 23.9 Å². The van der Waals surface area contributed by atoms with Crippen molar-refractivity contribution < 1.29 is 14.3 Å². The van der Waals surface area contributed by atoms with Gasteiger partial charge in [0.25, 0.3) is 0 Å². The zero-order valence-corrected chi connectivity index (χ0v) is 19.4. The van der Waals surface area contributed by atoms with Gasteiger partial charge in [0.05, 0.1) is 12.6 Å². The minimum Gasteiger partial charge on any atom is -0.443 e. The van der Waals surface area contributed by atoms with E-state index in [-0.39, 0.29) is 12.0 Å². The monoisotopic (exact) mass is 447 g/mol. The van der Waals surface area contributed by atoms with Crippen LogP contribution in [0.3, 0.4) is 0 Å². The molecule has 1 aliphatic heterocycles. The maximum atomic E-state index is 12.6. The second-order valence-electron chi connectivity index (χ2n) is 8.61. The summed E-state index contributed by atoms with van der Waals surface area (Å²) in [6.07, 6.45) is 0.406. The van der Waals surface area contributed by atoms with Crippen LogP contribution >= 0.6 is 11.6 Å². The largest absolute Gasteiger partial charge is 0.443 e. The molecular formula is C22H30ClN5O3. The molecule has 1 fully saturated rings. The summed E-state index contributed by atoms with van der Waals surface area (Å²) in [7, 11) is 1.68. The van der Waals surface area contributed by atoms with Gasteiger partial charge >= 0.3 is 6.09 Å². The van der Waals surface area contributed by atoms with Crippen molar-refractivity contribution in [3.05, 3.63) is 40.5 Å². The highest BCUT2D eigenvalue weighted by Crippen LogP contribution is 2.35. The molecule has 1 saturated heterocycles. The van der Waals surface area contributed by atoms with E-state index in [1.54, 1.807) is 19.2 Å². The average molecular weight is 448 g/mol. The number of carbonyl (C=O) groups excluding carboxylic acids is 1. The lowest BCUT2D eigenvalue weighted by atomic mass is 10.0. The van der Waals surface area contributed by atoms with E-state index in [1.165, 1.54) is 4.90 Å². The predicted molar refractivity (Wildman–Crippen MR) is 123 cm³/mol. The summed E-state index contributed by atoms with van der Waals surface area (Å²) >= 11 is 6.61. The molecule has 2 N–H and O–H groups in total. The number of benzene rings is 1. The second-order valence-corrected chi connectivity index (χ2v) is 9.02. The van der Waals surface area contributed by atoms with E-state index in [2.05, 4.69) is 14.9 Å². The molecule has 0 radical (unpaired) electrons. The van der Waals surface area contributed by atoms with Gasteiger partial charge in [0, 0.05) is 42.7 Å². The fourth-order valence-electron chi connectivity index (χ4n) is 3.46. The zero-order valence-electron chi connectivity index (χ0n) is 18.7. The minimum absolute atomic E-state index is 0.198. The molecule has 1 atom stereocenters. The second kappa shape index (κ2) is 9.28. The van der Waals surface area contributed by atoms with Crippen LogP contribution in [0.4, 0.5) is 22.2 Å². The number of nitrogens with two attached hydrogens (primary N) is 1. The first-order valence-electron chi connectivity index (χ1n) is 10.3. The molecular weight excluding hydrogens is 418 g/mol. The Kier molecular flexibility index (Phi) is 6.91. The fraction of sp³-hybridized carbons (Fsp3) is 0.500. The summed E-state index contributed by atoms with van der Waals surface area (Å²) in [5, 5.41) is 0.584. The molecule has 1 aromatic carbocycles. The number of ether oxygens (including phenoxy) is 2. The molecule has 0 bridgehead atoms. The molecule has 1 amide bonds. The number of hydrogen-bond acceptors (Lipinski definition) is 7. The number of carbonyl (C=O) groups is 1. The smallest absolute Gasteiger partial charge is 0.414 e. The Hall–Kier alpha value is -2.58. The van der Waals surface area contributed by atoms with Gasteiger partial charge in [-0.3, -0.25) is 4.90 Å². The first kappa shape index (κ1) is 23.1. The molecule has 1 aromatic heterocycles. The quantitative estimate of drug-likeness (QED) is 0.746. The first-order chi connectivity index (χ1) is 14.5. The van der Waals surface area contributed by atoms with Crippen molar-refractivity contribution in [3.63, 3.8) is 0 Å². The number of anilines is 3. The maximum Gasteiger partial charge on any atom is 0.414 e. The van der Waals surface area contributed by atoms with Gasteiger partial charge < -0.3 is 20.1 Å². The summed E-state index contributed by atoms with van der Waals surface area (Å²) in [6.45, 7) is 9.19. The van der Waals surface area contributed by atoms with Crippen molar-refractivity contribution in [2.24, 2.45) is 0 Å². The highest BCUT2D eigenvalue weighted by molar-refractivity contribution is 6.31. The third-order valence-electron chi connectivity index (χ3n) is 4.89. The lowest BCUT2D eigenvalue weighted by Gasteiger charge is -2.32. The molecule has 168 valence electrons. The Balaban J connectivity index is 1.98. The number of aromatic nitrogens is 2. The Labute approximate surface area is 188 Å². The number of nitrogen functional groups attached to an aromatic ring is 1. The molecule has 1 aliphatic rings. The molecule has 2 aromatic rings. The van der Waals surface area contributed by atoms with Crippen LogP contribution < -0.4 is 15.5 Å². The van der Waals surface area contributed by atoms with Crippen LogP contribution in [-0.4, -0.2) is 48.5 Å². The number of amides is 1. The average Bonchev–Trinajstić information content (AvgIpc) is 2.91. The van der Waals surface area contributed by atoms with Crippen LogP contribution in [-0.2, 0) is 9.47 Å². The third-order valence-corrected chi connectivity index (χ3v) is 5.23. The topological polar surface area (TPSA) is 93.8 Å². The van der Waals surface area contributed by atoms with Gasteiger partial charge in [0.1, 0.15) is 11.4 Å². The summed E-state index contributed by atoms with van der Waals surface area (Å²) in [4.78, 5) is 24.8. The summed E-state index contributed by atoms with van der Waals surface area (Å²) in [5.74, 6) is 0.950. The van der Waals surface area contributed by atoms with E-state index in [1.807, 2.05) is 39.8 Å². The van der Waals surface area contributed by atoms with Crippen molar-refractivity contribution in [3.8, 4) is 0 Å². The number of nitrogens with zero attached hydrogens (tertiary/aromatic N) is 4. The number of aryl methyl sites for hydroxylation is 1. The molecule has 0 aliphatic carbocycles. The Morgan fingerprint density at radius 1 is 1.32 bits per heavy atom. The molecule has 0 spiro atoms. The SMILES string of the molecule is Cc1cc(N2CCCOCC2c2cc(N(C)C(=O)OC(C)(C)C)ccc2Cl)nc(N)n1. The van der Waals surface area contributed by atoms with Gasteiger partial charge in [-0.25, -0.2) is 9.78 Å². The van der Waals surface area contributed by atoms with Crippen LogP contribution in [0.25, 0.3) is 0 Å². The molecule has 9 heteroatoms. The standard InChI is InChI=1S/C22H30ClN5O3/c1-14-11-19(26-20(24)25-14)28-9-6-10-30-13-18(28)16-12-15(7-8-17(16)23)27(5)21(29)31-22(2,3)4/h7-8,11-12,18H,6,9-10,13H2,1-5H3,(H2,24,25,26). The Morgan fingerprint density at radius 3 is 2.74 bits per heavy atom. The highest BCUT2D eigenvalue weighted by atomic mass is 35.5. The molecule has 2 heterocycles. The third kappa shape index (κ3) is 5.77. The minimum atomic E-state index is -0.586. The lowest BCUT2D eigenvalue weighted by molar-refractivity contribution is 0.0589. The molecule has 8 nitrogen and oxygen atoms in total. The van der Waals surface area contributed by atoms with Gasteiger partial charge in [0.15, 0.2) is 0 Å². The van der Waals surface area contributed by atoms with Crippen LogP contribution in [0.15, 0.2) is 24.3 Å². The highest BCUT2D eigenvalue weighted by Gasteiger charge is 2.28. The molecule has 1 unspecified atom stereocenters. The fourth-order valence-corrected chi connectivity index (χ4v) is 3.71. The van der Waals surface area contributed by atoms with E-state index < -0.39 is 11.7 Å². The zero-order chi connectivity index (χ0) is 22.8. The van der Waals surface area contributed by atoms with Gasteiger partial charge in [0.2, 0.25) is 5.95 Å². The summed E-state index contributed by atoms with van der Waals surface area (Å²) < 4.78 is 11.4. The Morgan fingerprint density at radius 2 is 2.06 bits per heavy atom. The number of halogens is 1. The van der Waals surface area contributed by atoms with Crippen molar-refractivity contribution in [1.29, 1.82) is 0 Å².